The Labute approximate surface area is 262 Å². The van der Waals surface area contributed by atoms with Gasteiger partial charge in [0.1, 0.15) is 0 Å². The normalized spacial score (nSPS) is 14.9. The van der Waals surface area contributed by atoms with Crippen molar-refractivity contribution in [3.63, 3.8) is 0 Å². The molecule has 3 aromatic carbocycles. The fraction of sp³-hybridized carbons (Fsp3) is 0.475. The smallest absolute Gasteiger partial charge is 0.0994 e. The quantitative estimate of drug-likeness (QED) is 0.219. The van der Waals surface area contributed by atoms with Crippen LogP contribution in [0.4, 0.5) is 5.69 Å². The second kappa shape index (κ2) is 17.7. The van der Waals surface area contributed by atoms with E-state index in [1.807, 2.05) is 18.2 Å². The first kappa shape index (κ1) is 32.6. The lowest BCUT2D eigenvalue weighted by Gasteiger charge is -2.33. The lowest BCUT2D eigenvalue weighted by molar-refractivity contribution is 0.460. The predicted molar refractivity (Wildman–Crippen MR) is 184 cm³/mol. The largest absolute Gasteiger partial charge is 0.345 e. The highest BCUT2D eigenvalue weighted by molar-refractivity contribution is 5.61. The van der Waals surface area contributed by atoms with Gasteiger partial charge in [0.2, 0.25) is 0 Å². The van der Waals surface area contributed by atoms with Crippen LogP contribution >= 0.6 is 0 Å². The van der Waals surface area contributed by atoms with Crippen molar-refractivity contribution in [3.05, 3.63) is 112 Å². The Morgan fingerprint density at radius 1 is 0.837 bits per heavy atom. The van der Waals surface area contributed by atoms with Crippen molar-refractivity contribution in [2.24, 2.45) is 0 Å². The summed E-state index contributed by atoms with van der Waals surface area (Å²) in [7, 11) is 0. The Balaban J connectivity index is 0.000000208. The van der Waals surface area contributed by atoms with Crippen molar-refractivity contribution < 1.29 is 0 Å². The minimum atomic E-state index is 0.746. The van der Waals surface area contributed by atoms with E-state index < -0.39 is 0 Å². The van der Waals surface area contributed by atoms with Crippen molar-refractivity contribution >= 4 is 5.69 Å². The number of nitrogens with one attached hydrogen (secondary N) is 1. The molecule has 0 aromatic heterocycles. The highest BCUT2D eigenvalue weighted by Gasteiger charge is 2.19. The average molecular weight is 576 g/mol. The summed E-state index contributed by atoms with van der Waals surface area (Å²) in [6.45, 7) is 12.2. The van der Waals surface area contributed by atoms with Gasteiger partial charge in [-0.15, -0.1) is 0 Å². The Hall–Kier alpha value is -3.35. The van der Waals surface area contributed by atoms with Gasteiger partial charge in [0.05, 0.1) is 11.6 Å². The molecule has 3 heteroatoms. The molecular weight excluding hydrogens is 522 g/mol. The van der Waals surface area contributed by atoms with Crippen molar-refractivity contribution in [3.8, 4) is 6.07 Å². The molecule has 1 saturated heterocycles. The first-order chi connectivity index (χ1) is 21.1. The van der Waals surface area contributed by atoms with Crippen LogP contribution in [-0.2, 0) is 25.7 Å². The van der Waals surface area contributed by atoms with Gasteiger partial charge in [0.15, 0.2) is 0 Å². The number of fused-ring (bicyclic) bond motifs is 1. The number of hydrogen-bond donors (Lipinski definition) is 1. The lowest BCUT2D eigenvalue weighted by atomic mass is 9.89. The maximum atomic E-state index is 9.13. The van der Waals surface area contributed by atoms with Gasteiger partial charge in [-0.2, -0.15) is 5.26 Å². The molecule has 0 atom stereocenters. The monoisotopic (exact) mass is 575 g/mol. The van der Waals surface area contributed by atoms with Crippen LogP contribution in [0.15, 0.2) is 79.0 Å². The summed E-state index contributed by atoms with van der Waals surface area (Å²) in [5, 5.41) is 12.6. The van der Waals surface area contributed by atoms with E-state index in [4.69, 9.17) is 5.26 Å². The van der Waals surface area contributed by atoms with Gasteiger partial charge in [-0.1, -0.05) is 94.3 Å². The molecular formula is C40H53N3. The Bertz CT molecular complexity index is 1310. The van der Waals surface area contributed by atoms with Crippen LogP contribution in [0.1, 0.15) is 111 Å². The highest BCUT2D eigenvalue weighted by atomic mass is 15.1. The number of unbranched alkanes of at least 4 members (excludes halogenated alkanes) is 4. The molecule has 0 spiro atoms. The molecule has 1 fully saturated rings. The molecule has 228 valence electrons. The zero-order valence-corrected chi connectivity index (χ0v) is 26.8. The average Bonchev–Trinajstić information content (AvgIpc) is 3.06. The molecule has 3 nitrogen and oxygen atoms in total. The van der Waals surface area contributed by atoms with Gasteiger partial charge in [0, 0.05) is 17.9 Å². The molecule has 2 aliphatic rings. The number of allylic oxidation sites excluding steroid dienone is 1. The number of hydrogen-bond acceptors (Lipinski definition) is 3. The maximum Gasteiger partial charge on any atom is 0.0994 e. The zero-order valence-electron chi connectivity index (χ0n) is 26.8. The van der Waals surface area contributed by atoms with Crippen molar-refractivity contribution in [1.82, 2.24) is 5.32 Å². The van der Waals surface area contributed by atoms with Crippen LogP contribution in [0, 0.1) is 11.3 Å². The minimum Gasteiger partial charge on any atom is -0.345 e. The van der Waals surface area contributed by atoms with Crippen LogP contribution < -0.4 is 10.2 Å². The predicted octanol–water partition coefficient (Wildman–Crippen LogP) is 9.69. The SMILES string of the molecule is C=C1CCc2ccc(CC)cc2N1CCCCC.N#Cc1ccccc1CCCCCc1ccc(C2CCNCC2)cc1. The molecule has 5 rings (SSSR count). The number of aryl methyl sites for hydroxylation is 4. The van der Waals surface area contributed by atoms with Crippen LogP contribution in [0.2, 0.25) is 0 Å². The number of nitriles is 1. The third-order valence-corrected chi connectivity index (χ3v) is 9.24. The van der Waals surface area contributed by atoms with Gasteiger partial charge >= 0.3 is 0 Å². The fourth-order valence-corrected chi connectivity index (χ4v) is 6.46. The number of piperidine rings is 1. The Morgan fingerprint density at radius 2 is 1.58 bits per heavy atom. The summed E-state index contributed by atoms with van der Waals surface area (Å²) < 4.78 is 0. The molecule has 0 radical (unpaired) electrons. The Morgan fingerprint density at radius 3 is 2.33 bits per heavy atom. The summed E-state index contributed by atoms with van der Waals surface area (Å²) >= 11 is 0. The van der Waals surface area contributed by atoms with Gasteiger partial charge in [-0.3, -0.25) is 0 Å². The first-order valence-corrected chi connectivity index (χ1v) is 17.0. The highest BCUT2D eigenvalue weighted by Crippen LogP contribution is 2.33. The van der Waals surface area contributed by atoms with E-state index in [0.29, 0.717) is 0 Å². The second-order valence-corrected chi connectivity index (χ2v) is 12.3. The summed E-state index contributed by atoms with van der Waals surface area (Å²) in [5.41, 5.74) is 10.6. The van der Waals surface area contributed by atoms with Gasteiger partial charge in [-0.25, -0.2) is 0 Å². The summed E-state index contributed by atoms with van der Waals surface area (Å²) in [5.74, 6) is 0.746. The van der Waals surface area contributed by atoms with Crippen molar-refractivity contribution in [1.29, 1.82) is 5.26 Å². The third-order valence-electron chi connectivity index (χ3n) is 9.24. The van der Waals surface area contributed by atoms with Gasteiger partial charge in [0.25, 0.3) is 0 Å². The molecule has 2 heterocycles. The summed E-state index contributed by atoms with van der Waals surface area (Å²) in [4.78, 5) is 2.45. The molecule has 0 saturated carbocycles. The third kappa shape index (κ3) is 9.84. The molecule has 0 aliphatic carbocycles. The molecule has 3 aromatic rings. The fourth-order valence-electron chi connectivity index (χ4n) is 6.46. The van der Waals surface area contributed by atoms with Crippen LogP contribution in [0.3, 0.4) is 0 Å². The Kier molecular flexibility index (Phi) is 13.4. The second-order valence-electron chi connectivity index (χ2n) is 12.3. The van der Waals surface area contributed by atoms with E-state index in [1.165, 1.54) is 84.1 Å². The van der Waals surface area contributed by atoms with E-state index in [0.717, 1.165) is 69.6 Å². The van der Waals surface area contributed by atoms with Crippen LogP contribution in [0.25, 0.3) is 0 Å². The first-order valence-electron chi connectivity index (χ1n) is 17.0. The van der Waals surface area contributed by atoms with Gasteiger partial charge < -0.3 is 10.2 Å². The van der Waals surface area contributed by atoms with E-state index in [-0.39, 0.29) is 0 Å². The zero-order chi connectivity index (χ0) is 30.3. The summed E-state index contributed by atoms with van der Waals surface area (Å²) in [6, 6.07) is 26.5. The summed E-state index contributed by atoms with van der Waals surface area (Å²) in [6.07, 6.45) is 15.6. The maximum absolute atomic E-state index is 9.13. The van der Waals surface area contributed by atoms with Crippen LogP contribution in [-0.4, -0.2) is 19.6 Å². The molecule has 1 N–H and O–H groups in total. The standard InChI is InChI=1S/C23H28N2.C17H25N/c24-18-23-9-5-4-8-20(23)7-3-1-2-6-19-10-12-21(13-11-19)22-14-16-25-17-15-22;1-4-6-7-12-18-14(3)8-10-16-11-9-15(5-2)13-17(16)18/h4-5,8-13,22,25H,1-3,6-7,14-17H2;9,11,13H,3-8,10,12H2,1-2H3. The van der Waals surface area contributed by atoms with E-state index in [1.54, 1.807) is 0 Å². The molecule has 0 bridgehead atoms. The number of benzene rings is 3. The molecule has 2 aliphatic heterocycles. The molecule has 0 unspecified atom stereocenters. The molecule has 43 heavy (non-hydrogen) atoms. The molecule has 0 amide bonds. The van der Waals surface area contributed by atoms with E-state index >= 15 is 0 Å². The van der Waals surface area contributed by atoms with E-state index in [2.05, 4.69) is 85.2 Å². The number of rotatable bonds is 12. The van der Waals surface area contributed by atoms with Gasteiger partial charge in [-0.05, 0) is 123 Å². The van der Waals surface area contributed by atoms with E-state index in [9.17, 15) is 0 Å². The lowest BCUT2D eigenvalue weighted by Crippen LogP contribution is -2.28. The van der Waals surface area contributed by atoms with Crippen LogP contribution in [0.5, 0.6) is 0 Å². The number of nitrogens with zero attached hydrogens (tertiary/aromatic N) is 2. The topological polar surface area (TPSA) is 39.1 Å². The number of anilines is 1. The van der Waals surface area contributed by atoms with Crippen molar-refractivity contribution in [2.75, 3.05) is 24.5 Å². The van der Waals surface area contributed by atoms with Crippen molar-refractivity contribution in [2.45, 2.75) is 103 Å². The minimum absolute atomic E-state index is 0.746.